The van der Waals surface area contributed by atoms with Crippen LogP contribution in [0, 0.1) is 0 Å². The van der Waals surface area contributed by atoms with E-state index in [1.165, 1.54) is 11.1 Å². The van der Waals surface area contributed by atoms with E-state index in [0.717, 1.165) is 18.4 Å². The highest BCUT2D eigenvalue weighted by atomic mass is 16.6. The summed E-state index contributed by atoms with van der Waals surface area (Å²) in [5.74, 6) is 0. The Morgan fingerprint density at radius 3 is 2.26 bits per heavy atom. The predicted octanol–water partition coefficient (Wildman–Crippen LogP) is 5.66. The van der Waals surface area contributed by atoms with E-state index in [1.807, 2.05) is 26.8 Å². The molecule has 0 bridgehead atoms. The van der Waals surface area contributed by atoms with Crippen molar-refractivity contribution in [1.82, 2.24) is 4.90 Å². The van der Waals surface area contributed by atoms with Crippen molar-refractivity contribution in [2.75, 3.05) is 13.6 Å². The second kappa shape index (κ2) is 10.1. The first-order chi connectivity index (χ1) is 10.6. The largest absolute Gasteiger partial charge is 0.444 e. The second-order valence-corrected chi connectivity index (χ2v) is 6.92. The topological polar surface area (TPSA) is 29.5 Å². The van der Waals surface area contributed by atoms with Crippen LogP contribution in [0.3, 0.4) is 0 Å². The van der Waals surface area contributed by atoms with Crippen LogP contribution in [0.2, 0.25) is 0 Å². The Morgan fingerprint density at radius 2 is 1.83 bits per heavy atom. The van der Waals surface area contributed by atoms with Gasteiger partial charge in [0.25, 0.3) is 0 Å². The van der Waals surface area contributed by atoms with Gasteiger partial charge in [0.05, 0.1) is 0 Å². The number of carbonyl (C=O) groups excluding carboxylic acids is 1. The first-order valence-corrected chi connectivity index (χ1v) is 8.20. The number of amides is 1. The SMILES string of the molecule is C=CC(=C\C=C(C)C)/C=C(\CC)CCN(C)C(=O)OC(C)(C)C. The zero-order valence-corrected chi connectivity index (χ0v) is 15.9. The zero-order chi connectivity index (χ0) is 18.0. The molecule has 0 spiro atoms. The molecule has 3 heteroatoms. The Hall–Kier alpha value is -1.77. The molecule has 0 rings (SSSR count). The lowest BCUT2D eigenvalue weighted by molar-refractivity contribution is 0.0300. The molecule has 0 unspecified atom stereocenters. The van der Waals surface area contributed by atoms with E-state index in [2.05, 4.69) is 45.6 Å². The number of rotatable bonds is 7. The molecule has 0 radical (unpaired) electrons. The van der Waals surface area contributed by atoms with Crippen LogP contribution in [0.25, 0.3) is 0 Å². The number of hydrogen-bond acceptors (Lipinski definition) is 2. The molecule has 0 aromatic carbocycles. The molecule has 0 aromatic rings. The van der Waals surface area contributed by atoms with E-state index < -0.39 is 5.60 Å². The molecule has 0 aliphatic rings. The number of hydrogen-bond donors (Lipinski definition) is 0. The fourth-order valence-electron chi connectivity index (χ4n) is 1.77. The van der Waals surface area contributed by atoms with Crippen LogP contribution < -0.4 is 0 Å². The Balaban J connectivity index is 4.79. The second-order valence-electron chi connectivity index (χ2n) is 6.92. The van der Waals surface area contributed by atoms with Gasteiger partial charge in [-0.1, -0.05) is 49.0 Å². The molecule has 3 nitrogen and oxygen atoms in total. The van der Waals surface area contributed by atoms with Gasteiger partial charge >= 0.3 is 6.09 Å². The normalized spacial score (nSPS) is 12.7. The lowest BCUT2D eigenvalue weighted by atomic mass is 10.0. The standard InChI is InChI=1S/C20H33NO2/c1-9-17(12-11-16(3)4)15-18(10-2)13-14-21(8)19(22)23-20(5,6)7/h9,11-12,15H,1,10,13-14H2,2-8H3/b17-12+,18-15+. The van der Waals surface area contributed by atoms with E-state index in [4.69, 9.17) is 4.74 Å². The highest BCUT2D eigenvalue weighted by molar-refractivity contribution is 5.67. The molecule has 0 saturated carbocycles. The third-order valence-electron chi connectivity index (χ3n) is 3.14. The summed E-state index contributed by atoms with van der Waals surface area (Å²) in [4.78, 5) is 13.6. The number of nitrogens with zero attached hydrogens (tertiary/aromatic N) is 1. The fraction of sp³-hybridized carbons (Fsp3) is 0.550. The van der Waals surface area contributed by atoms with Crippen LogP contribution in [0.4, 0.5) is 4.79 Å². The van der Waals surface area contributed by atoms with Crippen molar-refractivity contribution in [3.63, 3.8) is 0 Å². The molecular weight excluding hydrogens is 286 g/mol. The van der Waals surface area contributed by atoms with Gasteiger partial charge in [-0.2, -0.15) is 0 Å². The average Bonchev–Trinajstić information content (AvgIpc) is 2.44. The van der Waals surface area contributed by atoms with Crippen molar-refractivity contribution in [1.29, 1.82) is 0 Å². The summed E-state index contributed by atoms with van der Waals surface area (Å²) < 4.78 is 5.36. The number of ether oxygens (including phenoxy) is 1. The minimum absolute atomic E-state index is 0.281. The van der Waals surface area contributed by atoms with Crippen molar-refractivity contribution in [2.45, 2.75) is 60.0 Å². The van der Waals surface area contributed by atoms with Crippen LogP contribution in [0.5, 0.6) is 0 Å². The van der Waals surface area contributed by atoms with Crippen molar-refractivity contribution >= 4 is 6.09 Å². The van der Waals surface area contributed by atoms with Crippen LogP contribution in [-0.2, 0) is 4.74 Å². The van der Waals surface area contributed by atoms with Crippen molar-refractivity contribution in [3.8, 4) is 0 Å². The van der Waals surface area contributed by atoms with Crippen molar-refractivity contribution in [3.05, 3.63) is 47.6 Å². The van der Waals surface area contributed by atoms with Gasteiger partial charge in [-0.05, 0) is 53.0 Å². The molecule has 0 N–H and O–H groups in total. The number of allylic oxidation sites excluding steroid dienone is 6. The molecule has 130 valence electrons. The molecule has 23 heavy (non-hydrogen) atoms. The highest BCUT2D eigenvalue weighted by Gasteiger charge is 2.19. The summed E-state index contributed by atoms with van der Waals surface area (Å²) >= 11 is 0. The maximum Gasteiger partial charge on any atom is 0.410 e. The van der Waals surface area contributed by atoms with Crippen LogP contribution in [-0.4, -0.2) is 30.2 Å². The molecule has 0 heterocycles. The summed E-state index contributed by atoms with van der Waals surface area (Å²) in [5.41, 5.74) is 3.16. The van der Waals surface area contributed by atoms with E-state index in [9.17, 15) is 4.79 Å². The summed E-state index contributed by atoms with van der Waals surface area (Å²) in [5, 5.41) is 0. The minimum atomic E-state index is -0.460. The maximum absolute atomic E-state index is 12.0. The Labute approximate surface area is 142 Å². The van der Waals surface area contributed by atoms with E-state index in [0.29, 0.717) is 6.54 Å². The van der Waals surface area contributed by atoms with Crippen LogP contribution >= 0.6 is 0 Å². The van der Waals surface area contributed by atoms with E-state index in [-0.39, 0.29) is 6.09 Å². The van der Waals surface area contributed by atoms with Gasteiger partial charge in [0.2, 0.25) is 0 Å². The first kappa shape index (κ1) is 21.2. The first-order valence-electron chi connectivity index (χ1n) is 8.20. The lowest BCUT2D eigenvalue weighted by Crippen LogP contribution is -2.34. The average molecular weight is 319 g/mol. The molecule has 0 aliphatic heterocycles. The molecule has 0 aliphatic carbocycles. The summed E-state index contributed by atoms with van der Waals surface area (Å²) in [6, 6.07) is 0. The maximum atomic E-state index is 12.0. The monoisotopic (exact) mass is 319 g/mol. The van der Waals surface area contributed by atoms with Gasteiger partial charge in [0.15, 0.2) is 0 Å². The molecule has 0 aromatic heterocycles. The quantitative estimate of drug-likeness (QED) is 0.567. The van der Waals surface area contributed by atoms with Crippen LogP contribution in [0.15, 0.2) is 47.6 Å². The zero-order valence-electron chi connectivity index (χ0n) is 15.9. The van der Waals surface area contributed by atoms with Crippen LogP contribution in [0.1, 0.15) is 54.4 Å². The van der Waals surface area contributed by atoms with Gasteiger partial charge in [-0.25, -0.2) is 4.79 Å². The lowest BCUT2D eigenvalue weighted by Gasteiger charge is -2.24. The minimum Gasteiger partial charge on any atom is -0.444 e. The Bertz CT molecular complexity index is 486. The van der Waals surface area contributed by atoms with Gasteiger partial charge in [0, 0.05) is 13.6 Å². The summed E-state index contributed by atoms with van der Waals surface area (Å²) in [6.07, 6.45) is 9.64. The van der Waals surface area contributed by atoms with Gasteiger partial charge in [0.1, 0.15) is 5.60 Å². The van der Waals surface area contributed by atoms with Gasteiger partial charge < -0.3 is 9.64 Å². The smallest absolute Gasteiger partial charge is 0.410 e. The molecular formula is C20H33NO2. The Kier molecular flexibility index (Phi) is 9.31. The van der Waals surface area contributed by atoms with E-state index >= 15 is 0 Å². The summed E-state index contributed by atoms with van der Waals surface area (Å²) in [7, 11) is 1.77. The third kappa shape index (κ3) is 10.6. The van der Waals surface area contributed by atoms with Gasteiger partial charge in [-0.15, -0.1) is 0 Å². The third-order valence-corrected chi connectivity index (χ3v) is 3.14. The molecule has 1 amide bonds. The van der Waals surface area contributed by atoms with Crippen molar-refractivity contribution < 1.29 is 9.53 Å². The molecule has 0 fully saturated rings. The van der Waals surface area contributed by atoms with E-state index in [1.54, 1.807) is 11.9 Å². The fourth-order valence-corrected chi connectivity index (χ4v) is 1.77. The molecule has 0 atom stereocenters. The number of carbonyl (C=O) groups is 1. The Morgan fingerprint density at radius 1 is 1.22 bits per heavy atom. The molecule has 0 saturated heterocycles. The van der Waals surface area contributed by atoms with Gasteiger partial charge in [-0.3, -0.25) is 0 Å². The predicted molar refractivity (Wildman–Crippen MR) is 99.6 cm³/mol. The van der Waals surface area contributed by atoms with Crippen molar-refractivity contribution in [2.24, 2.45) is 0 Å². The highest BCUT2D eigenvalue weighted by Crippen LogP contribution is 2.14. The summed E-state index contributed by atoms with van der Waals surface area (Å²) in [6.45, 7) is 16.4.